The Hall–Kier alpha value is -0.160. The summed E-state index contributed by atoms with van der Waals surface area (Å²) in [6.45, 7) is 6.48. The number of rotatable bonds is 3. The van der Waals surface area contributed by atoms with Crippen LogP contribution in [0.15, 0.2) is 0 Å². The highest BCUT2D eigenvalue weighted by Gasteiger charge is 2.35. The first-order valence-corrected chi connectivity index (χ1v) is 6.07. The first-order chi connectivity index (χ1) is 7.31. The van der Waals surface area contributed by atoms with Crippen molar-refractivity contribution < 1.29 is 9.84 Å². The number of aliphatic hydroxyl groups excluding tert-OH is 1. The van der Waals surface area contributed by atoms with Crippen LogP contribution >= 0.6 is 0 Å². The van der Waals surface area contributed by atoms with Crippen LogP contribution in [0.5, 0.6) is 0 Å². The van der Waals surface area contributed by atoms with Crippen molar-refractivity contribution in [1.82, 2.24) is 9.80 Å². The molecule has 0 spiro atoms. The van der Waals surface area contributed by atoms with Crippen LogP contribution in [-0.2, 0) is 4.74 Å². The van der Waals surface area contributed by atoms with E-state index in [1.54, 1.807) is 0 Å². The van der Waals surface area contributed by atoms with Crippen molar-refractivity contribution in [2.45, 2.75) is 31.1 Å². The standard InChI is InChI=1S/C11H20N2O2/c14-10-5-9-6-12(2-1-11-8-15-11)3-4-13(9)7-10/h9-11,14H,1-8H2. The van der Waals surface area contributed by atoms with Crippen molar-refractivity contribution in [3.05, 3.63) is 0 Å². The van der Waals surface area contributed by atoms with Crippen molar-refractivity contribution >= 4 is 0 Å². The van der Waals surface area contributed by atoms with Gasteiger partial charge in [-0.2, -0.15) is 0 Å². The Morgan fingerprint density at radius 3 is 2.93 bits per heavy atom. The van der Waals surface area contributed by atoms with Crippen molar-refractivity contribution in [2.24, 2.45) is 0 Å². The number of hydrogen-bond donors (Lipinski definition) is 1. The minimum Gasteiger partial charge on any atom is -0.392 e. The summed E-state index contributed by atoms with van der Waals surface area (Å²) in [7, 11) is 0. The van der Waals surface area contributed by atoms with Gasteiger partial charge in [0.15, 0.2) is 0 Å². The van der Waals surface area contributed by atoms with Crippen LogP contribution in [0.2, 0.25) is 0 Å². The lowest BCUT2D eigenvalue weighted by atomic mass is 10.1. The van der Waals surface area contributed by atoms with Crippen LogP contribution in [0, 0.1) is 0 Å². The molecule has 3 aliphatic rings. The maximum Gasteiger partial charge on any atom is 0.0822 e. The molecule has 0 aromatic carbocycles. The molecule has 0 radical (unpaired) electrons. The van der Waals surface area contributed by atoms with E-state index >= 15 is 0 Å². The largest absolute Gasteiger partial charge is 0.392 e. The van der Waals surface area contributed by atoms with Crippen molar-refractivity contribution in [1.29, 1.82) is 0 Å². The number of nitrogens with zero attached hydrogens (tertiary/aromatic N) is 2. The summed E-state index contributed by atoms with van der Waals surface area (Å²) in [5.41, 5.74) is 0. The molecule has 3 fully saturated rings. The molecule has 15 heavy (non-hydrogen) atoms. The van der Waals surface area contributed by atoms with Crippen LogP contribution in [0.3, 0.4) is 0 Å². The summed E-state index contributed by atoms with van der Waals surface area (Å²) in [5.74, 6) is 0. The fourth-order valence-electron chi connectivity index (χ4n) is 2.84. The van der Waals surface area contributed by atoms with E-state index < -0.39 is 0 Å². The maximum absolute atomic E-state index is 9.59. The predicted octanol–water partition coefficient (Wildman–Crippen LogP) is -0.474. The normalized spacial score (nSPS) is 41.8. The highest BCUT2D eigenvalue weighted by molar-refractivity contribution is 4.91. The molecule has 3 rings (SSSR count). The number of ether oxygens (including phenoxy) is 1. The molecule has 3 unspecified atom stereocenters. The van der Waals surface area contributed by atoms with Gasteiger partial charge in [-0.1, -0.05) is 0 Å². The Balaban J connectivity index is 1.47. The van der Waals surface area contributed by atoms with Crippen LogP contribution in [0.1, 0.15) is 12.8 Å². The second-order valence-corrected chi connectivity index (χ2v) is 5.08. The van der Waals surface area contributed by atoms with E-state index in [4.69, 9.17) is 4.74 Å². The molecule has 3 atom stereocenters. The van der Waals surface area contributed by atoms with Crippen molar-refractivity contribution in [3.8, 4) is 0 Å². The van der Waals surface area contributed by atoms with E-state index in [-0.39, 0.29) is 6.10 Å². The third-order valence-electron chi connectivity index (χ3n) is 3.85. The number of fused-ring (bicyclic) bond motifs is 1. The Kier molecular flexibility index (Phi) is 2.68. The average Bonchev–Trinajstić information content (AvgIpc) is 2.96. The summed E-state index contributed by atoms with van der Waals surface area (Å²) < 4.78 is 5.23. The molecule has 0 bridgehead atoms. The lowest BCUT2D eigenvalue weighted by molar-refractivity contribution is 0.0994. The van der Waals surface area contributed by atoms with Crippen LogP contribution < -0.4 is 0 Å². The van der Waals surface area contributed by atoms with Gasteiger partial charge < -0.3 is 14.7 Å². The smallest absolute Gasteiger partial charge is 0.0822 e. The lowest BCUT2D eigenvalue weighted by Crippen LogP contribution is -2.50. The van der Waals surface area contributed by atoms with E-state index in [0.29, 0.717) is 12.1 Å². The molecular formula is C11H20N2O2. The molecule has 4 heteroatoms. The zero-order chi connectivity index (χ0) is 10.3. The fraction of sp³-hybridized carbons (Fsp3) is 1.00. The lowest BCUT2D eigenvalue weighted by Gasteiger charge is -2.37. The molecule has 0 aromatic rings. The van der Waals surface area contributed by atoms with E-state index in [1.165, 1.54) is 13.0 Å². The Labute approximate surface area is 90.8 Å². The Bertz CT molecular complexity index is 233. The van der Waals surface area contributed by atoms with Gasteiger partial charge in [-0.25, -0.2) is 0 Å². The summed E-state index contributed by atoms with van der Waals surface area (Å²) in [6.07, 6.45) is 2.63. The summed E-state index contributed by atoms with van der Waals surface area (Å²) in [4.78, 5) is 4.97. The van der Waals surface area contributed by atoms with Crippen LogP contribution in [0.25, 0.3) is 0 Å². The molecule has 0 amide bonds. The molecule has 0 saturated carbocycles. The summed E-state index contributed by atoms with van der Waals surface area (Å²) in [6, 6.07) is 0.605. The molecule has 3 saturated heterocycles. The maximum atomic E-state index is 9.59. The van der Waals surface area contributed by atoms with Crippen molar-refractivity contribution in [3.63, 3.8) is 0 Å². The molecule has 3 heterocycles. The monoisotopic (exact) mass is 212 g/mol. The molecule has 3 aliphatic heterocycles. The van der Waals surface area contributed by atoms with E-state index in [2.05, 4.69) is 9.80 Å². The Morgan fingerprint density at radius 1 is 1.27 bits per heavy atom. The zero-order valence-corrected chi connectivity index (χ0v) is 9.14. The van der Waals surface area contributed by atoms with Crippen LogP contribution in [-0.4, -0.2) is 72.5 Å². The van der Waals surface area contributed by atoms with Gasteiger partial charge in [0.05, 0.1) is 18.8 Å². The minimum atomic E-state index is -0.0817. The van der Waals surface area contributed by atoms with Crippen LogP contribution in [0.4, 0.5) is 0 Å². The first-order valence-electron chi connectivity index (χ1n) is 6.07. The average molecular weight is 212 g/mol. The van der Waals surface area contributed by atoms with Gasteiger partial charge in [0.2, 0.25) is 0 Å². The van der Waals surface area contributed by atoms with Gasteiger partial charge in [0.25, 0.3) is 0 Å². The molecule has 0 aliphatic carbocycles. The third kappa shape index (κ3) is 2.33. The van der Waals surface area contributed by atoms with Gasteiger partial charge in [-0.05, 0) is 12.8 Å². The van der Waals surface area contributed by atoms with Gasteiger partial charge in [-0.15, -0.1) is 0 Å². The Morgan fingerprint density at radius 2 is 2.13 bits per heavy atom. The number of piperazine rings is 1. The summed E-state index contributed by atoms with van der Waals surface area (Å²) >= 11 is 0. The van der Waals surface area contributed by atoms with E-state index in [0.717, 1.165) is 39.2 Å². The molecule has 0 aromatic heterocycles. The van der Waals surface area contributed by atoms with E-state index in [1.807, 2.05) is 0 Å². The highest BCUT2D eigenvalue weighted by Crippen LogP contribution is 2.23. The SMILES string of the molecule is OC1CC2CN(CCC3CO3)CCN2C1. The van der Waals surface area contributed by atoms with Crippen molar-refractivity contribution in [2.75, 3.05) is 39.3 Å². The molecule has 1 N–H and O–H groups in total. The highest BCUT2D eigenvalue weighted by atomic mass is 16.6. The van der Waals surface area contributed by atoms with E-state index in [9.17, 15) is 5.11 Å². The number of aliphatic hydroxyl groups is 1. The minimum absolute atomic E-state index is 0.0817. The van der Waals surface area contributed by atoms with Gasteiger partial charge >= 0.3 is 0 Å². The van der Waals surface area contributed by atoms with Gasteiger partial charge in [0, 0.05) is 38.8 Å². The van der Waals surface area contributed by atoms with Gasteiger partial charge in [-0.3, -0.25) is 4.90 Å². The number of epoxide rings is 1. The quantitative estimate of drug-likeness (QED) is 0.642. The zero-order valence-electron chi connectivity index (χ0n) is 9.14. The second-order valence-electron chi connectivity index (χ2n) is 5.08. The third-order valence-corrected chi connectivity index (χ3v) is 3.85. The summed E-state index contributed by atoms with van der Waals surface area (Å²) in [5, 5.41) is 9.59. The first kappa shape index (κ1) is 10.0. The molecule has 86 valence electrons. The fourth-order valence-corrected chi connectivity index (χ4v) is 2.84. The van der Waals surface area contributed by atoms with Gasteiger partial charge in [0.1, 0.15) is 0 Å². The number of hydrogen-bond acceptors (Lipinski definition) is 4. The molecule has 4 nitrogen and oxygen atoms in total. The topological polar surface area (TPSA) is 39.2 Å². The molecular weight excluding hydrogens is 192 g/mol. The second kappa shape index (κ2) is 4.01. The predicted molar refractivity (Wildman–Crippen MR) is 56.8 cm³/mol.